The van der Waals surface area contributed by atoms with Gasteiger partial charge in [0.05, 0.1) is 28.6 Å². The Kier molecular flexibility index (Phi) is 9.46. The highest BCUT2D eigenvalue weighted by molar-refractivity contribution is 5.96. The first-order valence-corrected chi connectivity index (χ1v) is 13.7. The highest BCUT2D eigenvalue weighted by Gasteiger charge is 2.27. The first kappa shape index (κ1) is 28.7. The summed E-state index contributed by atoms with van der Waals surface area (Å²) in [4.78, 5) is 37.4. The van der Waals surface area contributed by atoms with E-state index in [1.54, 1.807) is 12.1 Å². The molecular weight excluding hydrogens is 502 g/mol. The molecule has 1 unspecified atom stereocenters. The van der Waals surface area contributed by atoms with Gasteiger partial charge in [-0.15, -0.1) is 0 Å². The van der Waals surface area contributed by atoms with Gasteiger partial charge in [-0.3, -0.25) is 9.59 Å². The molecule has 208 valence electrons. The van der Waals surface area contributed by atoms with Gasteiger partial charge in [-0.1, -0.05) is 12.1 Å². The number of nitriles is 1. The Morgan fingerprint density at radius 2 is 1.80 bits per heavy atom. The lowest BCUT2D eigenvalue weighted by Gasteiger charge is -2.42. The van der Waals surface area contributed by atoms with Crippen LogP contribution in [0.3, 0.4) is 0 Å². The molecule has 2 aromatic carbocycles. The van der Waals surface area contributed by atoms with Gasteiger partial charge in [0.25, 0.3) is 5.91 Å². The molecule has 9 nitrogen and oxygen atoms in total. The smallest absolute Gasteiger partial charge is 0.254 e. The molecule has 4 rings (SSSR count). The van der Waals surface area contributed by atoms with Crippen molar-refractivity contribution in [1.29, 1.82) is 5.26 Å². The van der Waals surface area contributed by atoms with Gasteiger partial charge in [0, 0.05) is 49.5 Å². The fraction of sp³-hybridized carbons (Fsp3) is 0.387. The average molecular weight is 540 g/mol. The Labute approximate surface area is 236 Å². The molecule has 1 aliphatic rings. The molecule has 9 heteroatoms. The number of hydrogen-bond donors (Lipinski definition) is 2. The number of carbonyl (C=O) groups excluding carboxylic acids is 2. The minimum Gasteiger partial charge on any atom is -0.366 e. The second-order valence-electron chi connectivity index (χ2n) is 10.4. The van der Waals surface area contributed by atoms with Crippen LogP contribution in [0.5, 0.6) is 0 Å². The highest BCUT2D eigenvalue weighted by atomic mass is 16.2. The number of aryl methyl sites for hydroxylation is 2. The summed E-state index contributed by atoms with van der Waals surface area (Å²) >= 11 is 0. The van der Waals surface area contributed by atoms with Crippen molar-refractivity contribution < 1.29 is 9.59 Å². The number of rotatable bonds is 10. The molecule has 1 atom stereocenters. The van der Waals surface area contributed by atoms with Gasteiger partial charge in [-0.05, 0) is 82.0 Å². The largest absolute Gasteiger partial charge is 0.366 e. The molecule has 3 N–H and O–H groups in total. The maximum atomic E-state index is 12.7. The number of nitrogens with one attached hydrogen (secondary N) is 1. The molecule has 0 spiro atoms. The molecule has 0 aliphatic carbocycles. The van der Waals surface area contributed by atoms with E-state index >= 15 is 0 Å². The lowest BCUT2D eigenvalue weighted by Crippen LogP contribution is -2.48. The van der Waals surface area contributed by atoms with Crippen LogP contribution in [0.4, 0.5) is 5.69 Å². The summed E-state index contributed by atoms with van der Waals surface area (Å²) in [5.74, 6) is -0.569. The summed E-state index contributed by atoms with van der Waals surface area (Å²) in [5, 5.41) is 12.4. The van der Waals surface area contributed by atoms with Crippen LogP contribution in [-0.4, -0.2) is 58.4 Å². The number of benzene rings is 2. The fourth-order valence-electron chi connectivity index (χ4n) is 5.41. The van der Waals surface area contributed by atoms with E-state index in [4.69, 9.17) is 5.73 Å². The number of nitrogens with two attached hydrogens (primary N) is 1. The molecule has 2 heterocycles. The summed E-state index contributed by atoms with van der Waals surface area (Å²) in [5.41, 5.74) is 10.6. The number of nitrogens with zero attached hydrogens (tertiary/aromatic N) is 5. The summed E-state index contributed by atoms with van der Waals surface area (Å²) in [6.45, 7) is 9.00. The van der Waals surface area contributed by atoms with E-state index in [-0.39, 0.29) is 5.91 Å². The number of aromatic nitrogens is 2. The Morgan fingerprint density at radius 3 is 2.42 bits per heavy atom. The number of hydrogen-bond acceptors (Lipinski definition) is 7. The third-order valence-electron chi connectivity index (χ3n) is 7.76. The molecule has 1 aromatic heterocycles. The van der Waals surface area contributed by atoms with E-state index in [0.29, 0.717) is 53.3 Å². The predicted molar refractivity (Wildman–Crippen MR) is 155 cm³/mol. The number of carbonyl (C=O) groups is 2. The molecule has 0 radical (unpaired) electrons. The lowest BCUT2D eigenvalue weighted by molar-refractivity contribution is 0.0941. The zero-order valence-corrected chi connectivity index (χ0v) is 23.4. The molecule has 0 saturated carbocycles. The first-order chi connectivity index (χ1) is 19.3. The van der Waals surface area contributed by atoms with Crippen LogP contribution in [0.15, 0.2) is 54.9 Å². The minimum absolute atomic E-state index is 0.125. The van der Waals surface area contributed by atoms with Gasteiger partial charge in [-0.2, -0.15) is 5.26 Å². The van der Waals surface area contributed by atoms with Crippen LogP contribution < -0.4 is 16.0 Å². The van der Waals surface area contributed by atoms with Crippen LogP contribution in [-0.2, 0) is 6.54 Å². The van der Waals surface area contributed by atoms with E-state index < -0.39 is 5.91 Å². The summed E-state index contributed by atoms with van der Waals surface area (Å²) in [6, 6.07) is 18.0. The molecule has 0 bridgehead atoms. The van der Waals surface area contributed by atoms with Crippen molar-refractivity contribution in [3.63, 3.8) is 0 Å². The SMILES string of the molecule is Cc1ncnc(C)c1C(=O)NCCC(C)N1CCC(N(Cc2cccc(C#N)c2)c2ccc(C(N)=O)cc2)CC1. The molecule has 1 aliphatic heterocycles. The van der Waals surface area contributed by atoms with Crippen molar-refractivity contribution in [2.24, 2.45) is 5.73 Å². The van der Waals surface area contributed by atoms with Gasteiger partial charge in [0.1, 0.15) is 6.33 Å². The zero-order valence-electron chi connectivity index (χ0n) is 23.4. The van der Waals surface area contributed by atoms with E-state index in [1.165, 1.54) is 6.33 Å². The first-order valence-electron chi connectivity index (χ1n) is 13.7. The van der Waals surface area contributed by atoms with Crippen LogP contribution in [0.25, 0.3) is 0 Å². The second kappa shape index (κ2) is 13.2. The number of anilines is 1. The van der Waals surface area contributed by atoms with Gasteiger partial charge < -0.3 is 20.9 Å². The topological polar surface area (TPSA) is 128 Å². The van der Waals surface area contributed by atoms with Crippen molar-refractivity contribution in [2.75, 3.05) is 24.5 Å². The van der Waals surface area contributed by atoms with Gasteiger partial charge in [0.15, 0.2) is 0 Å². The van der Waals surface area contributed by atoms with E-state index in [0.717, 1.165) is 43.6 Å². The van der Waals surface area contributed by atoms with Crippen molar-refractivity contribution in [3.05, 3.63) is 88.5 Å². The number of likely N-dealkylation sites (tertiary alicyclic amines) is 1. The Hall–Kier alpha value is -4.29. The number of primary amides is 1. The normalized spacial score (nSPS) is 14.8. The van der Waals surface area contributed by atoms with Crippen LogP contribution in [0, 0.1) is 25.2 Å². The third-order valence-corrected chi connectivity index (χ3v) is 7.76. The highest BCUT2D eigenvalue weighted by Crippen LogP contribution is 2.27. The molecule has 1 saturated heterocycles. The van der Waals surface area contributed by atoms with Crippen molar-refractivity contribution in [1.82, 2.24) is 20.2 Å². The van der Waals surface area contributed by atoms with Gasteiger partial charge in [0.2, 0.25) is 5.91 Å². The lowest BCUT2D eigenvalue weighted by atomic mass is 9.98. The van der Waals surface area contributed by atoms with Crippen LogP contribution in [0.2, 0.25) is 0 Å². The van der Waals surface area contributed by atoms with Gasteiger partial charge >= 0.3 is 0 Å². The van der Waals surface area contributed by atoms with E-state index in [9.17, 15) is 14.9 Å². The number of amides is 2. The van der Waals surface area contributed by atoms with Gasteiger partial charge in [-0.25, -0.2) is 9.97 Å². The maximum absolute atomic E-state index is 12.7. The predicted octanol–water partition coefficient (Wildman–Crippen LogP) is 3.74. The molecule has 1 fully saturated rings. The average Bonchev–Trinajstić information content (AvgIpc) is 2.96. The summed E-state index contributed by atoms with van der Waals surface area (Å²) in [7, 11) is 0. The second-order valence-corrected chi connectivity index (χ2v) is 10.4. The Balaban J connectivity index is 1.37. The summed E-state index contributed by atoms with van der Waals surface area (Å²) in [6.07, 6.45) is 4.28. The third kappa shape index (κ3) is 7.01. The quantitative estimate of drug-likeness (QED) is 0.402. The molecular formula is C31H37N7O2. The van der Waals surface area contributed by atoms with Crippen molar-refractivity contribution in [3.8, 4) is 6.07 Å². The summed E-state index contributed by atoms with van der Waals surface area (Å²) < 4.78 is 0. The zero-order chi connectivity index (χ0) is 28.6. The fourth-order valence-corrected chi connectivity index (χ4v) is 5.41. The van der Waals surface area contributed by atoms with E-state index in [2.05, 4.69) is 38.1 Å². The maximum Gasteiger partial charge on any atom is 0.254 e. The van der Waals surface area contributed by atoms with Crippen molar-refractivity contribution in [2.45, 2.75) is 58.7 Å². The number of piperidine rings is 1. The molecule has 3 aromatic rings. The standard InChI is InChI=1S/C31H37N7O2/c1-21(11-14-34-31(40)29-22(2)35-20-36-23(29)3)37-15-12-28(13-16-37)38(19-25-6-4-5-24(17-25)18-32)27-9-7-26(8-10-27)30(33)39/h4-10,17,20-21,28H,11-16,19H2,1-3H3,(H2,33,39)(H,34,40). The minimum atomic E-state index is -0.444. The molecule has 2 amide bonds. The van der Waals surface area contributed by atoms with Crippen molar-refractivity contribution >= 4 is 17.5 Å². The monoisotopic (exact) mass is 539 g/mol. The Morgan fingerprint density at radius 1 is 1.12 bits per heavy atom. The van der Waals surface area contributed by atoms with E-state index in [1.807, 2.05) is 50.2 Å². The van der Waals surface area contributed by atoms with Crippen LogP contribution in [0.1, 0.15) is 69.4 Å². The van der Waals surface area contributed by atoms with Crippen LogP contribution >= 0.6 is 0 Å². The Bertz CT molecular complexity index is 1350. The molecule has 40 heavy (non-hydrogen) atoms.